The maximum Gasteiger partial charge on any atom is 0.291 e. The second-order valence-corrected chi connectivity index (χ2v) is 10.4. The molecular formula is C20H19Cl4N3O3S2. The first-order valence-corrected chi connectivity index (χ1v) is 12.8. The molecule has 3 rings (SSSR count). The minimum atomic E-state index is -1.50. The average Bonchev–Trinajstić information content (AvgIpc) is 3.21. The third kappa shape index (κ3) is 10.1. The van der Waals surface area contributed by atoms with E-state index in [2.05, 4.69) is 9.55 Å². The monoisotopic (exact) mass is 553 g/mol. The molecule has 1 aromatic heterocycles. The van der Waals surface area contributed by atoms with Crippen molar-refractivity contribution < 1.29 is 10.3 Å². The van der Waals surface area contributed by atoms with Crippen molar-refractivity contribution in [2.24, 2.45) is 0 Å². The lowest BCUT2D eigenvalue weighted by Gasteiger charge is -2.18. The number of halogens is 4. The van der Waals surface area contributed by atoms with Crippen LogP contribution in [0.5, 0.6) is 0 Å². The smallest absolute Gasteiger partial charge is 0.291 e. The number of thioether (sulfide) groups is 2. The third-order valence-electron chi connectivity index (χ3n) is 4.04. The summed E-state index contributed by atoms with van der Waals surface area (Å²) in [4.78, 5) is 12.5. The van der Waals surface area contributed by atoms with Crippen LogP contribution in [-0.4, -0.2) is 30.8 Å². The van der Waals surface area contributed by atoms with Crippen LogP contribution < -0.4 is 0 Å². The van der Waals surface area contributed by atoms with E-state index in [1.165, 1.54) is 0 Å². The molecule has 0 saturated carbocycles. The van der Waals surface area contributed by atoms with Crippen LogP contribution in [0.25, 0.3) is 0 Å². The Bertz CT molecular complexity index is 1010. The molecule has 0 amide bonds. The topological polar surface area (TPSA) is 81.2 Å². The molecule has 0 spiro atoms. The van der Waals surface area contributed by atoms with Crippen molar-refractivity contribution in [2.75, 3.05) is 5.75 Å². The SMILES string of the molecule is Clc1ccc(CSCC(Cn2ccnc2)SCc2ccc(Cl)cc2Cl)c(Cl)c1.O=[N+]([O-])O. The Morgan fingerprint density at radius 1 is 1.03 bits per heavy atom. The molecule has 1 atom stereocenters. The number of hydrogen-bond donors (Lipinski definition) is 1. The first-order valence-electron chi connectivity index (χ1n) is 9.10. The zero-order valence-electron chi connectivity index (χ0n) is 16.5. The van der Waals surface area contributed by atoms with Crippen LogP contribution in [0.15, 0.2) is 55.1 Å². The highest BCUT2D eigenvalue weighted by Gasteiger charge is 2.13. The highest BCUT2D eigenvalue weighted by molar-refractivity contribution is 8.02. The molecule has 2 aromatic carbocycles. The zero-order chi connectivity index (χ0) is 23.5. The van der Waals surface area contributed by atoms with Gasteiger partial charge in [0.2, 0.25) is 0 Å². The van der Waals surface area contributed by atoms with Gasteiger partial charge < -0.3 is 9.77 Å². The molecule has 1 unspecified atom stereocenters. The quantitative estimate of drug-likeness (QED) is 0.219. The Kier molecular flexibility index (Phi) is 11.9. The first kappa shape index (κ1) is 27.0. The molecular weight excluding hydrogens is 536 g/mol. The summed E-state index contributed by atoms with van der Waals surface area (Å²) in [7, 11) is 0. The summed E-state index contributed by atoms with van der Waals surface area (Å²) in [6, 6.07) is 11.3. The Hall–Kier alpha value is -1.29. The molecule has 0 aliphatic carbocycles. The number of rotatable bonds is 9. The van der Waals surface area contributed by atoms with Gasteiger partial charge in [0, 0.05) is 61.5 Å². The fourth-order valence-corrected chi connectivity index (χ4v) is 6.25. The lowest BCUT2D eigenvalue weighted by Crippen LogP contribution is -2.15. The Morgan fingerprint density at radius 3 is 2.09 bits per heavy atom. The minimum Gasteiger partial charge on any atom is -0.336 e. The third-order valence-corrected chi connectivity index (χ3v) is 7.84. The van der Waals surface area contributed by atoms with Crippen LogP contribution in [0.3, 0.4) is 0 Å². The Labute approximate surface area is 214 Å². The summed E-state index contributed by atoms with van der Waals surface area (Å²) in [5.41, 5.74) is 2.20. The van der Waals surface area contributed by atoms with Gasteiger partial charge in [0.1, 0.15) is 0 Å². The Morgan fingerprint density at radius 2 is 1.59 bits per heavy atom. The number of aromatic nitrogens is 2. The summed E-state index contributed by atoms with van der Waals surface area (Å²) >= 11 is 28.3. The largest absolute Gasteiger partial charge is 0.336 e. The van der Waals surface area contributed by atoms with Gasteiger partial charge in [-0.25, -0.2) is 4.98 Å². The van der Waals surface area contributed by atoms with Crippen LogP contribution in [0.4, 0.5) is 0 Å². The van der Waals surface area contributed by atoms with Crippen LogP contribution in [0.2, 0.25) is 20.1 Å². The first-order chi connectivity index (χ1) is 15.2. The predicted molar refractivity (Wildman–Crippen MR) is 135 cm³/mol. The maximum absolute atomic E-state index is 8.36. The van der Waals surface area contributed by atoms with E-state index < -0.39 is 5.09 Å². The lowest BCUT2D eigenvalue weighted by molar-refractivity contribution is -0.742. The fourth-order valence-electron chi connectivity index (χ4n) is 2.57. The predicted octanol–water partition coefficient (Wildman–Crippen LogP) is 7.38. The van der Waals surface area contributed by atoms with Crippen LogP contribution in [0, 0.1) is 10.1 Å². The zero-order valence-corrected chi connectivity index (χ0v) is 21.2. The molecule has 3 aromatic rings. The highest BCUT2D eigenvalue weighted by Crippen LogP contribution is 2.30. The Balaban J connectivity index is 0.000000837. The van der Waals surface area contributed by atoms with E-state index in [1.807, 2.05) is 60.3 Å². The van der Waals surface area contributed by atoms with Gasteiger partial charge in [-0.05, 0) is 35.4 Å². The van der Waals surface area contributed by atoms with E-state index in [0.29, 0.717) is 25.3 Å². The molecule has 6 nitrogen and oxygen atoms in total. The van der Waals surface area contributed by atoms with E-state index in [4.69, 9.17) is 61.7 Å². The molecule has 1 heterocycles. The molecule has 0 fully saturated rings. The molecule has 0 radical (unpaired) electrons. The van der Waals surface area contributed by atoms with Gasteiger partial charge in [0.15, 0.2) is 0 Å². The van der Waals surface area contributed by atoms with Crippen molar-refractivity contribution in [1.82, 2.24) is 9.55 Å². The van der Waals surface area contributed by atoms with Gasteiger partial charge in [-0.3, -0.25) is 0 Å². The summed E-state index contributed by atoms with van der Waals surface area (Å²) in [5, 5.41) is 16.8. The lowest BCUT2D eigenvalue weighted by atomic mass is 10.2. The molecule has 0 saturated heterocycles. The fraction of sp³-hybridized carbons (Fsp3) is 0.250. The van der Waals surface area contributed by atoms with Crippen molar-refractivity contribution >= 4 is 69.9 Å². The molecule has 0 aliphatic heterocycles. The van der Waals surface area contributed by atoms with Crippen molar-refractivity contribution in [3.8, 4) is 0 Å². The van der Waals surface area contributed by atoms with Gasteiger partial charge in [-0.1, -0.05) is 58.5 Å². The standard InChI is InChI=1S/C20H18Cl4N2S2.HNO3/c21-16-3-1-14(19(23)7-16)10-27-12-18(9-26-6-5-25-13-26)28-11-15-2-4-17(22)8-20(15)24;2-1(3)4/h1-8,13,18H,9-12H2;(H,2,3,4). The number of nitrogens with zero attached hydrogens (tertiary/aromatic N) is 3. The van der Waals surface area contributed by atoms with E-state index >= 15 is 0 Å². The average molecular weight is 555 g/mol. The van der Waals surface area contributed by atoms with E-state index in [-0.39, 0.29) is 0 Å². The number of imidazole rings is 1. The summed E-state index contributed by atoms with van der Waals surface area (Å²) in [6.07, 6.45) is 5.64. The van der Waals surface area contributed by atoms with Crippen LogP contribution in [-0.2, 0) is 18.1 Å². The van der Waals surface area contributed by atoms with Crippen molar-refractivity contribution in [1.29, 1.82) is 0 Å². The second kappa shape index (κ2) is 14.1. The summed E-state index contributed by atoms with van der Waals surface area (Å²) in [6.45, 7) is 0.886. The van der Waals surface area contributed by atoms with E-state index in [1.54, 1.807) is 18.3 Å². The van der Waals surface area contributed by atoms with Crippen molar-refractivity contribution in [3.63, 3.8) is 0 Å². The molecule has 0 bridgehead atoms. The van der Waals surface area contributed by atoms with Gasteiger partial charge in [-0.2, -0.15) is 23.5 Å². The van der Waals surface area contributed by atoms with Gasteiger partial charge in [-0.15, -0.1) is 10.1 Å². The molecule has 172 valence electrons. The van der Waals surface area contributed by atoms with Gasteiger partial charge >= 0.3 is 0 Å². The van der Waals surface area contributed by atoms with Gasteiger partial charge in [0.05, 0.1) is 6.33 Å². The second-order valence-electron chi connectivity index (χ2n) is 6.42. The summed E-state index contributed by atoms with van der Waals surface area (Å²) in [5.74, 6) is 2.66. The van der Waals surface area contributed by atoms with E-state index in [9.17, 15) is 0 Å². The maximum atomic E-state index is 8.36. The van der Waals surface area contributed by atoms with Crippen molar-refractivity contribution in [3.05, 3.63) is 96.5 Å². The van der Waals surface area contributed by atoms with Gasteiger partial charge in [0.25, 0.3) is 5.09 Å². The number of benzene rings is 2. The normalized spacial score (nSPS) is 11.5. The van der Waals surface area contributed by atoms with Crippen LogP contribution in [0.1, 0.15) is 11.1 Å². The summed E-state index contributed by atoms with van der Waals surface area (Å²) < 4.78 is 2.11. The molecule has 32 heavy (non-hydrogen) atoms. The highest BCUT2D eigenvalue weighted by atomic mass is 35.5. The van der Waals surface area contributed by atoms with Crippen LogP contribution >= 0.6 is 69.9 Å². The van der Waals surface area contributed by atoms with Crippen molar-refractivity contribution in [2.45, 2.75) is 23.3 Å². The molecule has 0 aliphatic rings. The minimum absolute atomic E-state index is 0.400. The molecule has 1 N–H and O–H groups in total. The molecule has 12 heteroatoms. The number of hydrogen-bond acceptors (Lipinski definition) is 5. The van der Waals surface area contributed by atoms with E-state index in [0.717, 1.165) is 34.9 Å².